The number of nitrogens with zero attached hydrogens (tertiary/aromatic N) is 11. The van der Waals surface area contributed by atoms with E-state index in [-0.39, 0.29) is 261 Å². The zero-order valence-corrected chi connectivity index (χ0v) is 101. The number of aromatic hydroxyl groups is 1. The summed E-state index contributed by atoms with van der Waals surface area (Å²) in [7, 11) is -43.7. The second-order valence-corrected chi connectivity index (χ2v) is 41.1. The Labute approximate surface area is 995 Å². The number of sulfone groups is 4. The minimum Gasteiger partial charge on any atom is -0.854 e. The van der Waals surface area contributed by atoms with Gasteiger partial charge in [-0.2, -0.15) is 53.1 Å². The van der Waals surface area contributed by atoms with Gasteiger partial charge in [0.05, 0.1) is 111 Å². The number of urea groups is 1. The zero-order chi connectivity index (χ0) is 104. The fourth-order valence-corrected chi connectivity index (χ4v) is 17.0. The summed E-state index contributed by atoms with van der Waals surface area (Å²) in [5, 5.41) is 76.4. The molecule has 0 spiro atoms. The van der Waals surface area contributed by atoms with Gasteiger partial charge in [0, 0.05) is 35.6 Å². The van der Waals surface area contributed by atoms with Crippen molar-refractivity contribution < 1.29 is 364 Å². The quantitative estimate of drug-likeness (QED) is 0.00447. The molecule has 744 valence electrons. The number of nitrogens with one attached hydrogen (secondary N) is 2. The number of Topliss-reactive ketones (excluding diaryl/α,β-unsaturated/α-hetero) is 1. The molecule has 0 saturated heterocycles. The number of hydrogen-bond acceptors (Lipinski definition) is 50. The monoisotopic (exact) mass is 2300 g/mol. The maximum atomic E-state index is 13.1. The van der Waals surface area contributed by atoms with E-state index in [4.69, 9.17) is 55.1 Å². The molecule has 0 aliphatic heterocycles. The Bertz CT molecular complexity index is 7760. The van der Waals surface area contributed by atoms with Crippen LogP contribution in [0.4, 0.5) is 78.7 Å². The molecule has 0 bridgehead atoms. The summed E-state index contributed by atoms with van der Waals surface area (Å²) < 4.78 is 316. The summed E-state index contributed by atoms with van der Waals surface area (Å²) in [4.78, 5) is 21.5. The molecule has 0 heterocycles. The Morgan fingerprint density at radius 3 is 1.12 bits per heavy atom. The number of nitrogens with two attached hydrogens (primary N) is 3. The van der Waals surface area contributed by atoms with Crippen molar-refractivity contribution in [1.82, 2.24) is 0 Å². The van der Waals surface area contributed by atoms with Gasteiger partial charge < -0.3 is 60.8 Å². The number of primary amides is 1. The van der Waals surface area contributed by atoms with Crippen LogP contribution in [-0.2, 0) is 127 Å². The van der Waals surface area contributed by atoms with Crippen molar-refractivity contribution in [2.24, 2.45) is 62.0 Å². The number of hydrogen-bond donors (Lipinski definition) is 6. The molecular weight excluding hydrogens is 2230 g/mol. The maximum Gasteiger partial charge on any atom is 1.00 e. The molecule has 10 aromatic carbocycles. The van der Waals surface area contributed by atoms with Gasteiger partial charge in [0.25, 0.3) is 0 Å². The van der Waals surface area contributed by atoms with E-state index in [0.717, 1.165) is 46.6 Å². The van der Waals surface area contributed by atoms with Crippen molar-refractivity contribution in [3.05, 3.63) is 222 Å². The molecule has 0 fully saturated rings. The Morgan fingerprint density at radius 1 is 0.438 bits per heavy atom. The zero-order valence-electron chi connectivity index (χ0n) is 78.2. The Kier molecular flexibility index (Phi) is 65.6. The third-order valence-corrected chi connectivity index (χ3v) is 26.3. The number of fused-ring (bicyclic) bond motifs is 2. The maximum absolute atomic E-state index is 13.1. The van der Waals surface area contributed by atoms with Crippen LogP contribution < -0.4 is 245 Å². The average molecular weight is 2300 g/mol. The van der Waals surface area contributed by atoms with Gasteiger partial charge in [-0.3, -0.25) is 13.8 Å². The van der Waals surface area contributed by atoms with Gasteiger partial charge in [0.2, 0.25) is 20.8 Å². The van der Waals surface area contributed by atoms with E-state index in [1.165, 1.54) is 85.9 Å². The number of rotatable bonds is 31. The van der Waals surface area contributed by atoms with Crippen LogP contribution in [-0.4, -0.2) is 203 Å². The molecule has 0 radical (unpaired) electrons. The smallest absolute Gasteiger partial charge is 0.854 e. The van der Waals surface area contributed by atoms with Gasteiger partial charge in [0.15, 0.2) is 45.1 Å². The van der Waals surface area contributed by atoms with E-state index in [0.29, 0.717) is 63.8 Å². The third kappa shape index (κ3) is 49.7. The molecule has 70 heteroatoms. The Hall–Kier alpha value is -6.85. The predicted molar refractivity (Wildman–Crippen MR) is 483 cm³/mol. The molecule has 52 nitrogen and oxygen atoms in total. The number of phenolic OH excluding ortho intramolecular Hbond substituents is 1. The Morgan fingerprint density at radius 2 is 0.774 bits per heavy atom. The molecule has 0 unspecified atom stereocenters. The van der Waals surface area contributed by atoms with Crippen LogP contribution in [0.5, 0.6) is 5.75 Å². The predicted octanol–water partition coefficient (Wildman–Crippen LogP) is -14.1. The van der Waals surface area contributed by atoms with Gasteiger partial charge in [-0.05, 0) is 183 Å². The van der Waals surface area contributed by atoms with Crippen LogP contribution >= 0.6 is 0 Å². The number of allylic oxidation sites excluding steroid dienone is 1. The SMILES string of the molecule is CCc1ccc2c(c1N=Nc1ccc(S(=O)(=O)CCOS(=O)(=O)[O-])cc1)C=[C-]C(=NNc1ccc(C)cc1)C2=O.CN=Nc1ccc(S(=O)(=O)CC[O-])cc1.Cc1ccc(N=Nc2c(S(=O)(=O)[O-])cc3cc(S(=O)(=O)[O-])c(N=Nc4ccc(S(=O)(=O)CCOS(=O)(=O)[O-])cc4)c(O)c3c2N)cc1.NC(=O)Nc1ccc(N=Nc2ccc(S(=O)(=O)CC[O-])cc2)c(N)c1.O=S(=O)=O.O=S(=O)=O.O=S(=O)=O.[Na+].[Na+].[Na+].[Na+].[Na+].[Na+].[Na+]. The first-order valence-corrected chi connectivity index (χ1v) is 52.6. The minimum atomic E-state index is -5.45. The topological polar surface area (TPSA) is 876 Å². The van der Waals surface area contributed by atoms with E-state index in [2.05, 4.69) is 81.4 Å². The number of ketones is 1. The normalized spacial score (nSPS) is 12.0. The third-order valence-electron chi connectivity index (χ3n) is 17.0. The van der Waals surface area contributed by atoms with Gasteiger partial charge in [-0.1, -0.05) is 65.6 Å². The molecule has 11 rings (SSSR count). The molecule has 0 atom stereocenters. The van der Waals surface area contributed by atoms with Crippen molar-refractivity contribution in [3.8, 4) is 5.75 Å². The van der Waals surface area contributed by atoms with Crippen LogP contribution in [0, 0.1) is 19.9 Å². The van der Waals surface area contributed by atoms with Crippen LogP contribution in [0.2, 0.25) is 0 Å². The van der Waals surface area contributed by atoms with Gasteiger partial charge >= 0.3 is 245 Å². The van der Waals surface area contributed by atoms with Crippen LogP contribution in [0.25, 0.3) is 16.8 Å². The first-order chi connectivity index (χ1) is 64.7. The fourth-order valence-electron chi connectivity index (χ4n) is 10.7. The number of amides is 2. The Balaban J connectivity index is -0.00000186. The van der Waals surface area contributed by atoms with Crippen molar-refractivity contribution in [2.45, 2.75) is 56.6 Å². The van der Waals surface area contributed by atoms with Crippen LogP contribution in [0.1, 0.15) is 39.5 Å². The molecule has 0 aromatic heterocycles. The average Bonchev–Trinajstić information content (AvgIpc) is 0.397. The fraction of sp³-hybridized carbons (Fsp3) is 0.171. The molecule has 10 aromatic rings. The number of hydrazone groups is 1. The minimum absolute atomic E-state index is 0. The number of anilines is 4. The molecule has 146 heavy (non-hydrogen) atoms. The number of carbonyl (C=O) groups excluding carboxylic acids is 2. The van der Waals surface area contributed by atoms with Gasteiger partial charge in [0.1, 0.15) is 37.3 Å². The van der Waals surface area contributed by atoms with Crippen molar-refractivity contribution in [1.29, 1.82) is 0 Å². The summed E-state index contributed by atoms with van der Waals surface area (Å²) in [6.07, 6.45) is 5.19. The largest absolute Gasteiger partial charge is 1.00 e. The van der Waals surface area contributed by atoms with Gasteiger partial charge in [-0.15, -0.1) is 66.4 Å². The number of phenols is 1. The van der Waals surface area contributed by atoms with E-state index in [9.17, 15) is 110 Å². The van der Waals surface area contributed by atoms with E-state index in [1.54, 1.807) is 61.5 Å². The number of nitrogen functional groups attached to an aromatic ring is 2. The second kappa shape index (κ2) is 66.9. The summed E-state index contributed by atoms with van der Waals surface area (Å²) >= 11 is 0. The standard InChI is InChI=1S/C27H25N4O7S2.C25H23N5O13S4.C15H16N5O4S.C9H11N2O3S.7Na.3O3S/c1-3-19-6-13-24-23(14-15-25(27(24)32)30-28-20-7-4-18(2)5-8-20)26(19)31-29-21-9-11-22(12-10-21)39(33,34)17-16-38-40(35,36)37;1-14-2-4-16(5-3-14)27-29-23-19(45(34,35)36)12-15-13-20(46(37,38)39)24(25(31)21(15)22(23)26)30-28-17-6-8-18(9-7-17)44(32,33)11-10-43-47(40,41)42;16-13-9-11(18-15(17)22)3-6-14(13)20-19-10-1-4-12(5-2-10)25(23,24)8-7-21;1-10-11-8-2-4-9(5-3-8)15(13,14)7-6-12;;;;;;;;3*1-4(2)3/h4-14,28H,3,16-17H2,1-2H3,(H,35,36,37);2-9,12-13,31H,10-11,26H2,1H3,(H,34,35,36)(H,37,38,39)(H,40,41,42);1-6,9H,7-8,16H2,(H3,17,18,22);2-5H,6-7H2,1H3;;;;;;;;;;/q-1;;2*-1;7*+1;;;/p-4. The van der Waals surface area contributed by atoms with Crippen LogP contribution in [0.15, 0.2) is 274 Å². The number of aryl methyl sites for hydroxylation is 3. The number of carbonyl (C=O) groups is 2. The molecule has 1 aliphatic rings. The molecule has 2 amide bonds. The number of benzene rings is 10. The van der Waals surface area contributed by atoms with E-state index in [1.807, 2.05) is 38.1 Å². The molecular formula is C76H71N16Na7O36S11. The molecule has 9 N–H and O–H groups in total. The van der Waals surface area contributed by atoms with Crippen molar-refractivity contribution in [3.63, 3.8) is 0 Å². The van der Waals surface area contributed by atoms with Crippen molar-refractivity contribution >= 4 is 221 Å². The molecule has 0 saturated carbocycles. The van der Waals surface area contributed by atoms with Gasteiger partial charge in [-0.25, -0.2) is 72.1 Å². The summed E-state index contributed by atoms with van der Waals surface area (Å²) in [5.41, 5.74) is 25.2. The second-order valence-electron chi connectivity index (χ2n) is 26.6. The number of azo groups is 5. The summed E-state index contributed by atoms with van der Waals surface area (Å²) in [5.74, 6) is -3.76. The first kappa shape index (κ1) is 143. The van der Waals surface area contributed by atoms with Crippen LogP contribution in [0.3, 0.4) is 0 Å². The first-order valence-electron chi connectivity index (χ1n) is 37.5. The van der Waals surface area contributed by atoms with Crippen molar-refractivity contribution in [2.75, 3.05) is 78.7 Å². The molecule has 1 aliphatic carbocycles. The van der Waals surface area contributed by atoms with E-state index >= 15 is 0 Å². The summed E-state index contributed by atoms with van der Waals surface area (Å²) in [6, 6.07) is 43.9. The summed E-state index contributed by atoms with van der Waals surface area (Å²) in [6.45, 7) is 2.67. The van der Waals surface area contributed by atoms with E-state index < -0.39 is 205 Å².